The fourth-order valence-electron chi connectivity index (χ4n) is 4.58. The summed E-state index contributed by atoms with van der Waals surface area (Å²) in [6.07, 6.45) is 3.91. The summed E-state index contributed by atoms with van der Waals surface area (Å²) in [6, 6.07) is 47.7. The van der Waals surface area contributed by atoms with Gasteiger partial charge in [0.1, 0.15) is 0 Å². The third kappa shape index (κ3) is 4.59. The Morgan fingerprint density at radius 3 is 1.61 bits per heavy atom. The van der Waals surface area contributed by atoms with E-state index in [2.05, 4.69) is 120 Å². The van der Waals surface area contributed by atoms with Crippen molar-refractivity contribution in [1.29, 1.82) is 0 Å². The van der Waals surface area contributed by atoms with Crippen molar-refractivity contribution in [2.24, 2.45) is 0 Å². The van der Waals surface area contributed by atoms with Gasteiger partial charge in [-0.1, -0.05) is 91.0 Å². The predicted octanol–water partition coefficient (Wildman–Crippen LogP) is 8.34. The summed E-state index contributed by atoms with van der Waals surface area (Å²) in [6.45, 7) is 0. The van der Waals surface area contributed by atoms with Crippen molar-refractivity contribution in [1.82, 2.24) is 9.55 Å². The van der Waals surface area contributed by atoms with Crippen LogP contribution in [0.3, 0.4) is 0 Å². The van der Waals surface area contributed by atoms with E-state index in [0.717, 1.165) is 39.3 Å². The first-order valence-corrected chi connectivity index (χ1v) is 11.7. The summed E-state index contributed by atoms with van der Waals surface area (Å²) in [7, 11) is 0. The molecule has 0 aliphatic rings. The van der Waals surface area contributed by atoms with Crippen LogP contribution in [-0.4, -0.2) is 9.55 Å². The number of imidazole rings is 1. The zero-order chi connectivity index (χ0) is 23.5. The van der Waals surface area contributed by atoms with Gasteiger partial charge in [-0.15, -0.1) is 35.9 Å². The molecule has 0 bridgehead atoms. The van der Waals surface area contributed by atoms with E-state index in [4.69, 9.17) is 4.98 Å². The van der Waals surface area contributed by atoms with Gasteiger partial charge in [0, 0.05) is 43.6 Å². The Morgan fingerprint density at radius 1 is 0.556 bits per heavy atom. The molecule has 2 nitrogen and oxygen atoms in total. The molecule has 175 valence electrons. The van der Waals surface area contributed by atoms with Crippen molar-refractivity contribution < 1.29 is 20.1 Å². The van der Waals surface area contributed by atoms with Crippen molar-refractivity contribution in [3.63, 3.8) is 0 Å². The van der Waals surface area contributed by atoms with Crippen LogP contribution in [0.5, 0.6) is 0 Å². The summed E-state index contributed by atoms with van der Waals surface area (Å²) >= 11 is 0. The zero-order valence-corrected chi connectivity index (χ0v) is 21.9. The molecule has 1 heterocycles. The Balaban J connectivity index is 0.00000267. The zero-order valence-electron chi connectivity index (χ0n) is 19.5. The first kappa shape index (κ1) is 23.7. The van der Waals surface area contributed by atoms with Crippen LogP contribution in [0.15, 0.2) is 140 Å². The van der Waals surface area contributed by atoms with Gasteiger partial charge >= 0.3 is 0 Å². The van der Waals surface area contributed by atoms with Gasteiger partial charge in [0.2, 0.25) is 0 Å². The summed E-state index contributed by atoms with van der Waals surface area (Å²) in [4.78, 5) is 4.74. The summed E-state index contributed by atoms with van der Waals surface area (Å²) in [5, 5.41) is 0. The molecule has 6 aromatic rings. The van der Waals surface area contributed by atoms with Gasteiger partial charge in [-0.2, -0.15) is 0 Å². The molecule has 0 aliphatic heterocycles. The molecule has 0 aliphatic carbocycles. The molecule has 0 fully saturated rings. The van der Waals surface area contributed by atoms with Gasteiger partial charge in [-0.25, -0.2) is 0 Å². The van der Waals surface area contributed by atoms with Crippen molar-refractivity contribution >= 4 is 0 Å². The SMILES string of the molecule is [Ir].[c-]1ccccc1-c1nccn1-c1c(-c2ccccc2)cc(-c2ccccc2)cc1-c1ccccc1. The Kier molecular flexibility index (Phi) is 7.04. The normalized spacial score (nSPS) is 10.6. The van der Waals surface area contributed by atoms with E-state index in [0.29, 0.717) is 0 Å². The van der Waals surface area contributed by atoms with Crippen LogP contribution in [-0.2, 0) is 20.1 Å². The van der Waals surface area contributed by atoms with E-state index < -0.39 is 0 Å². The van der Waals surface area contributed by atoms with Crippen LogP contribution in [0.1, 0.15) is 0 Å². The van der Waals surface area contributed by atoms with E-state index in [9.17, 15) is 0 Å². The van der Waals surface area contributed by atoms with Crippen LogP contribution >= 0.6 is 0 Å². The summed E-state index contributed by atoms with van der Waals surface area (Å²) in [5.41, 5.74) is 9.07. The molecule has 0 N–H and O–H groups in total. The predicted molar refractivity (Wildman–Crippen MR) is 144 cm³/mol. The molecule has 6 rings (SSSR count). The van der Waals surface area contributed by atoms with Crippen molar-refractivity contribution in [3.05, 3.63) is 146 Å². The number of hydrogen-bond acceptors (Lipinski definition) is 1. The van der Waals surface area contributed by atoms with Gasteiger partial charge < -0.3 is 4.57 Å². The molecule has 36 heavy (non-hydrogen) atoms. The molecule has 0 amide bonds. The maximum absolute atomic E-state index is 4.74. The monoisotopic (exact) mass is 640 g/mol. The van der Waals surface area contributed by atoms with E-state index in [1.807, 2.05) is 30.6 Å². The molecule has 0 saturated carbocycles. The molecule has 0 atom stereocenters. The maximum atomic E-state index is 4.74. The second-order valence-electron chi connectivity index (χ2n) is 8.42. The fourth-order valence-corrected chi connectivity index (χ4v) is 4.58. The van der Waals surface area contributed by atoms with Crippen molar-refractivity contribution in [2.75, 3.05) is 0 Å². The Bertz CT molecular complexity index is 1500. The minimum Gasteiger partial charge on any atom is -0.339 e. The first-order chi connectivity index (χ1) is 17.4. The van der Waals surface area contributed by atoms with Crippen LogP contribution in [0, 0.1) is 6.07 Å². The molecule has 3 heteroatoms. The number of nitrogens with zero attached hydrogens (tertiary/aromatic N) is 2. The minimum absolute atomic E-state index is 0. The third-order valence-corrected chi connectivity index (χ3v) is 6.22. The van der Waals surface area contributed by atoms with Gasteiger partial charge in [0.15, 0.2) is 0 Å². The van der Waals surface area contributed by atoms with Crippen LogP contribution in [0.2, 0.25) is 0 Å². The van der Waals surface area contributed by atoms with E-state index in [-0.39, 0.29) is 20.1 Å². The van der Waals surface area contributed by atoms with E-state index in [1.54, 1.807) is 0 Å². The van der Waals surface area contributed by atoms with E-state index >= 15 is 0 Å². The Labute approximate surface area is 225 Å². The minimum atomic E-state index is 0. The smallest absolute Gasteiger partial charge is 0.0603 e. The molecule has 1 radical (unpaired) electrons. The molecule has 5 aromatic carbocycles. The second-order valence-corrected chi connectivity index (χ2v) is 8.42. The number of aromatic nitrogens is 2. The second kappa shape index (κ2) is 10.7. The quantitative estimate of drug-likeness (QED) is 0.174. The van der Waals surface area contributed by atoms with Crippen molar-refractivity contribution in [3.8, 4) is 50.5 Å². The standard InChI is InChI=1S/C33H23N2.Ir/c1-5-13-25(14-6-1)29-23-30(26-15-7-2-8-16-26)32(31(24-29)27-17-9-3-10-18-27)35-22-21-34-33(35)28-19-11-4-12-20-28;/h1-19,21-24H;/q-1;. The molecule has 0 unspecified atom stereocenters. The first-order valence-electron chi connectivity index (χ1n) is 11.7. The number of hydrogen-bond donors (Lipinski definition) is 0. The number of rotatable bonds is 5. The van der Waals surface area contributed by atoms with Gasteiger partial charge in [0.05, 0.1) is 11.5 Å². The Morgan fingerprint density at radius 2 is 1.08 bits per heavy atom. The Hall–Kier alpha value is -4.04. The average molecular weight is 640 g/mol. The summed E-state index contributed by atoms with van der Waals surface area (Å²) < 4.78 is 2.20. The van der Waals surface area contributed by atoms with Crippen molar-refractivity contribution in [2.45, 2.75) is 0 Å². The van der Waals surface area contributed by atoms with Gasteiger partial charge in [0.25, 0.3) is 0 Å². The molecule has 0 saturated heterocycles. The van der Waals surface area contributed by atoms with Crippen LogP contribution < -0.4 is 0 Å². The van der Waals surface area contributed by atoms with Gasteiger partial charge in [-0.05, 0) is 34.4 Å². The van der Waals surface area contributed by atoms with Crippen LogP contribution in [0.25, 0.3) is 50.5 Å². The third-order valence-electron chi connectivity index (χ3n) is 6.22. The molecular weight excluding hydrogens is 617 g/mol. The average Bonchev–Trinajstić information content (AvgIpc) is 3.44. The maximum Gasteiger partial charge on any atom is 0.0603 e. The molecular formula is C33H23IrN2-. The summed E-state index contributed by atoms with van der Waals surface area (Å²) in [5.74, 6) is 0.868. The fraction of sp³-hybridized carbons (Fsp3) is 0. The molecule has 0 spiro atoms. The molecule has 1 aromatic heterocycles. The largest absolute Gasteiger partial charge is 0.339 e. The van der Waals surface area contributed by atoms with E-state index in [1.165, 1.54) is 11.1 Å². The van der Waals surface area contributed by atoms with Crippen LogP contribution in [0.4, 0.5) is 0 Å². The topological polar surface area (TPSA) is 17.8 Å². The van der Waals surface area contributed by atoms with Gasteiger partial charge in [-0.3, -0.25) is 4.98 Å². The number of benzene rings is 5.